The Hall–Kier alpha value is -1.37. The van der Waals surface area contributed by atoms with Crippen LogP contribution in [0.5, 0.6) is 0 Å². The average Bonchev–Trinajstić information content (AvgIpc) is 2.93. The van der Waals surface area contributed by atoms with Gasteiger partial charge in [0.25, 0.3) is 11.6 Å². The Morgan fingerprint density at radius 2 is 2.05 bits per heavy atom. The second kappa shape index (κ2) is 6.81. The van der Waals surface area contributed by atoms with Gasteiger partial charge in [-0.25, -0.2) is 0 Å². The number of hydrogen-bond acceptors (Lipinski definition) is 4. The van der Waals surface area contributed by atoms with Crippen molar-refractivity contribution in [1.29, 1.82) is 0 Å². The Morgan fingerprint density at radius 1 is 1.32 bits per heavy atom. The summed E-state index contributed by atoms with van der Waals surface area (Å²) in [5.74, 6) is 0.950. The number of likely N-dealkylation sites (tertiary alicyclic amines) is 1. The predicted molar refractivity (Wildman–Crippen MR) is 85.7 cm³/mol. The maximum absolute atomic E-state index is 12.5. The lowest BCUT2D eigenvalue weighted by Gasteiger charge is -2.34. The average molecular weight is 346 g/mol. The molecule has 6 nitrogen and oxygen atoms in total. The molecule has 0 aliphatic carbocycles. The van der Waals surface area contributed by atoms with Crippen LogP contribution in [0.1, 0.15) is 16.8 Å². The smallest absolute Gasteiger partial charge is 0.271 e. The van der Waals surface area contributed by atoms with E-state index < -0.39 is 4.92 Å². The minimum Gasteiger partial charge on any atom is -0.338 e. The summed E-state index contributed by atoms with van der Waals surface area (Å²) in [4.78, 5) is 24.7. The molecule has 2 aliphatic heterocycles. The van der Waals surface area contributed by atoms with Crippen molar-refractivity contribution in [3.63, 3.8) is 0 Å². The molecule has 3 rings (SSSR count). The SMILES string of the molecule is Cl.O=C(c1cc(Cl)cc([N+](=O)[O-])c1)N1CCC2CNCC2C1. The van der Waals surface area contributed by atoms with Gasteiger partial charge in [0.2, 0.25) is 0 Å². The van der Waals surface area contributed by atoms with E-state index in [1.165, 1.54) is 18.2 Å². The Morgan fingerprint density at radius 3 is 2.77 bits per heavy atom. The third-order valence-electron chi connectivity index (χ3n) is 4.33. The molecule has 8 heteroatoms. The van der Waals surface area contributed by atoms with Gasteiger partial charge in [-0.05, 0) is 37.4 Å². The lowest BCUT2D eigenvalue weighted by atomic mass is 9.88. The van der Waals surface area contributed by atoms with Gasteiger partial charge in [0.05, 0.1) is 4.92 Å². The van der Waals surface area contributed by atoms with Crippen LogP contribution < -0.4 is 5.32 Å². The molecule has 0 spiro atoms. The third-order valence-corrected chi connectivity index (χ3v) is 4.55. The van der Waals surface area contributed by atoms with Crippen LogP contribution in [0, 0.1) is 22.0 Å². The van der Waals surface area contributed by atoms with Crippen LogP contribution >= 0.6 is 24.0 Å². The molecule has 1 aromatic rings. The first-order valence-corrected chi connectivity index (χ1v) is 7.37. The van der Waals surface area contributed by atoms with Crippen LogP contribution in [-0.4, -0.2) is 41.9 Å². The van der Waals surface area contributed by atoms with Crippen LogP contribution in [-0.2, 0) is 0 Å². The van der Waals surface area contributed by atoms with E-state index in [1.807, 2.05) is 0 Å². The number of halogens is 2. The highest BCUT2D eigenvalue weighted by molar-refractivity contribution is 6.31. The van der Waals surface area contributed by atoms with E-state index in [-0.39, 0.29) is 29.0 Å². The summed E-state index contributed by atoms with van der Waals surface area (Å²) in [7, 11) is 0. The maximum atomic E-state index is 12.5. The summed E-state index contributed by atoms with van der Waals surface area (Å²) < 4.78 is 0. The molecule has 0 radical (unpaired) electrons. The van der Waals surface area contributed by atoms with Crippen LogP contribution in [0.25, 0.3) is 0 Å². The highest BCUT2D eigenvalue weighted by atomic mass is 35.5. The maximum Gasteiger partial charge on any atom is 0.271 e. The van der Waals surface area contributed by atoms with Crippen molar-refractivity contribution in [2.45, 2.75) is 6.42 Å². The highest BCUT2D eigenvalue weighted by Crippen LogP contribution is 2.28. The summed E-state index contributed by atoms with van der Waals surface area (Å²) in [6, 6.07) is 4.05. The summed E-state index contributed by atoms with van der Waals surface area (Å²) in [5, 5.41) is 14.4. The summed E-state index contributed by atoms with van der Waals surface area (Å²) in [6.07, 6.45) is 0.978. The number of nitro groups is 1. The van der Waals surface area contributed by atoms with Gasteiger partial charge in [0.15, 0.2) is 0 Å². The highest BCUT2D eigenvalue weighted by Gasteiger charge is 2.35. The summed E-state index contributed by atoms with van der Waals surface area (Å²) in [5.41, 5.74) is 0.141. The number of nitro benzene ring substituents is 1. The zero-order valence-corrected chi connectivity index (χ0v) is 13.4. The van der Waals surface area contributed by atoms with E-state index >= 15 is 0 Å². The molecule has 2 heterocycles. The number of nitrogens with zero attached hydrogens (tertiary/aromatic N) is 2. The second-order valence-electron chi connectivity index (χ2n) is 5.67. The number of fused-ring (bicyclic) bond motifs is 1. The molecule has 2 fully saturated rings. The molecular weight excluding hydrogens is 329 g/mol. The largest absolute Gasteiger partial charge is 0.338 e. The number of amides is 1. The van der Waals surface area contributed by atoms with Crippen molar-refractivity contribution in [2.75, 3.05) is 26.2 Å². The number of carbonyl (C=O) groups excluding carboxylic acids is 1. The topological polar surface area (TPSA) is 75.5 Å². The Balaban J connectivity index is 0.00000176. The van der Waals surface area contributed by atoms with Gasteiger partial charge >= 0.3 is 0 Å². The number of non-ortho nitro benzene ring substituents is 1. The zero-order valence-electron chi connectivity index (χ0n) is 11.8. The lowest BCUT2D eigenvalue weighted by molar-refractivity contribution is -0.384. The Labute approximate surface area is 139 Å². The molecule has 22 heavy (non-hydrogen) atoms. The number of hydrogen-bond donors (Lipinski definition) is 1. The summed E-state index contributed by atoms with van der Waals surface area (Å²) in [6.45, 7) is 3.36. The molecule has 1 amide bonds. The molecule has 2 unspecified atom stereocenters. The van der Waals surface area contributed by atoms with Gasteiger partial charge in [-0.1, -0.05) is 11.6 Å². The van der Waals surface area contributed by atoms with Crippen molar-refractivity contribution >= 4 is 35.6 Å². The molecular formula is C14H17Cl2N3O3. The first kappa shape index (κ1) is 17.0. The molecule has 0 bridgehead atoms. The van der Waals surface area contributed by atoms with Crippen molar-refractivity contribution < 1.29 is 9.72 Å². The van der Waals surface area contributed by atoms with Crippen LogP contribution in [0.15, 0.2) is 18.2 Å². The van der Waals surface area contributed by atoms with E-state index in [0.717, 1.165) is 19.5 Å². The first-order chi connectivity index (χ1) is 10.0. The fourth-order valence-corrected chi connectivity index (χ4v) is 3.43. The van der Waals surface area contributed by atoms with Crippen LogP contribution in [0.3, 0.4) is 0 Å². The van der Waals surface area contributed by atoms with E-state index in [9.17, 15) is 14.9 Å². The standard InChI is InChI=1S/C14H16ClN3O3.ClH/c15-12-3-10(4-13(5-12)18(20)21)14(19)17-2-1-9-6-16-7-11(9)8-17;/h3-5,9,11,16H,1-2,6-8H2;1H. The third kappa shape index (κ3) is 3.34. The Bertz CT molecular complexity index is 597. The molecule has 1 N–H and O–H groups in total. The number of rotatable bonds is 2. The monoisotopic (exact) mass is 345 g/mol. The molecule has 2 aliphatic rings. The molecule has 120 valence electrons. The number of nitrogens with one attached hydrogen (secondary N) is 1. The quantitative estimate of drug-likeness (QED) is 0.659. The normalized spacial score (nSPS) is 23.6. The number of benzene rings is 1. The summed E-state index contributed by atoms with van der Waals surface area (Å²) >= 11 is 5.88. The molecule has 0 aromatic heterocycles. The minimum atomic E-state index is -0.532. The van der Waals surface area contributed by atoms with Gasteiger partial charge in [0.1, 0.15) is 0 Å². The minimum absolute atomic E-state index is 0. The van der Waals surface area contributed by atoms with E-state index in [2.05, 4.69) is 5.32 Å². The van der Waals surface area contributed by atoms with Crippen molar-refractivity contribution in [1.82, 2.24) is 10.2 Å². The number of piperidine rings is 1. The fraction of sp³-hybridized carbons (Fsp3) is 0.500. The predicted octanol–water partition coefficient (Wildman–Crippen LogP) is 2.35. The number of carbonyl (C=O) groups is 1. The lowest BCUT2D eigenvalue weighted by Crippen LogP contribution is -2.43. The van der Waals surface area contributed by atoms with Gasteiger partial charge in [0, 0.05) is 35.8 Å². The van der Waals surface area contributed by atoms with Crippen molar-refractivity contribution in [3.05, 3.63) is 38.9 Å². The fourth-order valence-electron chi connectivity index (χ4n) is 3.20. The second-order valence-corrected chi connectivity index (χ2v) is 6.11. The van der Waals surface area contributed by atoms with Gasteiger partial charge in [-0.3, -0.25) is 14.9 Å². The molecule has 2 saturated heterocycles. The van der Waals surface area contributed by atoms with Crippen LogP contribution in [0.4, 0.5) is 5.69 Å². The van der Waals surface area contributed by atoms with E-state index in [4.69, 9.17) is 11.6 Å². The van der Waals surface area contributed by atoms with E-state index in [1.54, 1.807) is 4.90 Å². The van der Waals surface area contributed by atoms with Crippen LogP contribution in [0.2, 0.25) is 5.02 Å². The van der Waals surface area contributed by atoms with Crippen molar-refractivity contribution in [2.24, 2.45) is 11.8 Å². The van der Waals surface area contributed by atoms with Gasteiger partial charge in [-0.2, -0.15) is 0 Å². The van der Waals surface area contributed by atoms with Crippen molar-refractivity contribution in [3.8, 4) is 0 Å². The zero-order chi connectivity index (χ0) is 15.0. The molecule has 0 saturated carbocycles. The Kier molecular flexibility index (Phi) is 5.26. The van der Waals surface area contributed by atoms with E-state index in [0.29, 0.717) is 30.5 Å². The van der Waals surface area contributed by atoms with Gasteiger partial charge < -0.3 is 10.2 Å². The van der Waals surface area contributed by atoms with Gasteiger partial charge in [-0.15, -0.1) is 12.4 Å². The molecule has 1 aromatic carbocycles. The molecule has 2 atom stereocenters. The first-order valence-electron chi connectivity index (χ1n) is 6.99.